The Morgan fingerprint density at radius 1 is 1.26 bits per heavy atom. The smallest absolute Gasteiger partial charge is 0.458 e. The Kier molecular flexibility index (Phi) is 4.90. The Balaban J connectivity index is 3.20. The summed E-state index contributed by atoms with van der Waals surface area (Å²) in [7, 11) is 0.300. The van der Waals surface area contributed by atoms with E-state index in [1.54, 1.807) is 0 Å². The van der Waals surface area contributed by atoms with Crippen molar-refractivity contribution < 1.29 is 41.9 Å². The Morgan fingerprint density at radius 2 is 1.83 bits per heavy atom. The van der Waals surface area contributed by atoms with Crippen molar-refractivity contribution in [3.63, 3.8) is 0 Å². The number of halogens is 4. The molecule has 0 spiro atoms. The van der Waals surface area contributed by atoms with Crippen LogP contribution < -0.4 is 10.4 Å². The number of amides is 1. The van der Waals surface area contributed by atoms with Gasteiger partial charge >= 0.3 is 12.0 Å². The lowest BCUT2D eigenvalue weighted by Gasteiger charge is -2.24. The van der Waals surface area contributed by atoms with E-state index < -0.39 is 45.8 Å². The van der Waals surface area contributed by atoms with Crippen molar-refractivity contribution in [2.45, 2.75) is 12.0 Å². The van der Waals surface area contributed by atoms with E-state index in [4.69, 9.17) is 0 Å². The van der Waals surface area contributed by atoms with Crippen LogP contribution in [0.3, 0.4) is 0 Å². The third-order valence-electron chi connectivity index (χ3n) is 2.61. The van der Waals surface area contributed by atoms with Crippen LogP contribution in [0.4, 0.5) is 28.9 Å². The summed E-state index contributed by atoms with van der Waals surface area (Å²) in [4.78, 5) is 31.6. The lowest BCUT2D eigenvalue weighted by molar-refractivity contribution is -0.385. The number of carboxylic acids is 1. The van der Waals surface area contributed by atoms with Crippen molar-refractivity contribution >= 4 is 23.3 Å². The number of nitro benzene ring substituents is 1. The third-order valence-corrected chi connectivity index (χ3v) is 2.61. The first-order valence-electron chi connectivity index (χ1n) is 5.56. The van der Waals surface area contributed by atoms with E-state index in [0.29, 0.717) is 19.2 Å². The van der Waals surface area contributed by atoms with Crippen LogP contribution in [0.15, 0.2) is 18.2 Å². The zero-order chi connectivity index (χ0) is 18.0. The van der Waals surface area contributed by atoms with Gasteiger partial charge in [0.1, 0.15) is 0 Å². The van der Waals surface area contributed by atoms with E-state index in [9.17, 15) is 42.4 Å². The van der Waals surface area contributed by atoms with Crippen molar-refractivity contribution in [2.24, 2.45) is 0 Å². The van der Waals surface area contributed by atoms with E-state index in [1.807, 2.05) is 0 Å². The molecule has 12 heteroatoms. The van der Waals surface area contributed by atoms with E-state index >= 15 is 0 Å². The predicted octanol–water partition coefficient (Wildman–Crippen LogP) is 0.771. The van der Waals surface area contributed by atoms with Crippen molar-refractivity contribution in [3.8, 4) is 0 Å². The van der Waals surface area contributed by atoms with Gasteiger partial charge in [0.25, 0.3) is 11.6 Å². The summed E-state index contributed by atoms with van der Waals surface area (Å²) in [6.07, 6.45) is -5.71. The molecule has 0 aliphatic carbocycles. The van der Waals surface area contributed by atoms with Crippen LogP contribution in [0.25, 0.3) is 0 Å². The molecule has 0 aromatic heterocycles. The molecular formula is C11H7F4N2O6-. The highest BCUT2D eigenvalue weighted by molar-refractivity contribution is 5.98. The number of carboxylic acid groups (broad SMARTS) is 1. The summed E-state index contributed by atoms with van der Waals surface area (Å²) < 4.78 is 54.6. The quantitative estimate of drug-likeness (QED) is 0.480. The summed E-state index contributed by atoms with van der Waals surface area (Å²) >= 11 is 0. The number of ether oxygens (including phenoxy) is 1. The number of alkyl halides is 4. The summed E-state index contributed by atoms with van der Waals surface area (Å²) in [5, 5.41) is 22.8. The second-order valence-corrected chi connectivity index (χ2v) is 4.03. The predicted molar refractivity (Wildman–Crippen MR) is 63.0 cm³/mol. The fourth-order valence-electron chi connectivity index (χ4n) is 1.48. The number of hydrogen-bond donors (Lipinski definition) is 1. The highest BCUT2D eigenvalue weighted by atomic mass is 19.4. The zero-order valence-electron chi connectivity index (χ0n) is 11.1. The van der Waals surface area contributed by atoms with Crippen LogP contribution >= 0.6 is 0 Å². The second kappa shape index (κ2) is 6.16. The first kappa shape index (κ1) is 18.3. The molecule has 1 rings (SSSR count). The van der Waals surface area contributed by atoms with E-state index in [-0.39, 0.29) is 0 Å². The molecular weight excluding hydrogens is 332 g/mol. The standard InChI is InChI=1S/C11H8F4N2O6/c1-23-10(12,11(13,14)15)9(20)16-5-2-3-6(8(18)19)7(4-5)17(21)22/h2-4H,1H3,(H,16,20)(H,18,19)/p-1/t10-/m1/s1. The number of nitro groups is 1. The molecule has 0 radical (unpaired) electrons. The van der Waals surface area contributed by atoms with Gasteiger partial charge in [-0.3, -0.25) is 14.9 Å². The van der Waals surface area contributed by atoms with Gasteiger partial charge in [-0.1, -0.05) is 0 Å². The molecule has 1 N–H and O–H groups in total. The maximum absolute atomic E-state index is 13.6. The molecule has 23 heavy (non-hydrogen) atoms. The normalized spacial score (nSPS) is 14.0. The molecule has 0 saturated heterocycles. The number of aromatic carboxylic acids is 1. The lowest BCUT2D eigenvalue weighted by Crippen LogP contribution is -2.52. The number of hydrogen-bond acceptors (Lipinski definition) is 6. The molecule has 8 nitrogen and oxygen atoms in total. The number of anilines is 1. The molecule has 0 heterocycles. The molecule has 0 fully saturated rings. The first-order chi connectivity index (χ1) is 10.4. The highest BCUT2D eigenvalue weighted by Gasteiger charge is 2.63. The topological polar surface area (TPSA) is 122 Å². The van der Waals surface area contributed by atoms with Gasteiger partial charge in [0.15, 0.2) is 0 Å². The van der Waals surface area contributed by atoms with Gasteiger partial charge in [-0.05, 0) is 12.1 Å². The van der Waals surface area contributed by atoms with Crippen molar-refractivity contribution in [1.82, 2.24) is 0 Å². The van der Waals surface area contributed by atoms with Crippen LogP contribution in [0.2, 0.25) is 0 Å². The molecule has 0 unspecified atom stereocenters. The van der Waals surface area contributed by atoms with Crippen molar-refractivity contribution in [3.05, 3.63) is 33.9 Å². The molecule has 1 atom stereocenters. The molecule has 0 aliphatic rings. The molecule has 1 amide bonds. The number of benzene rings is 1. The van der Waals surface area contributed by atoms with E-state index in [1.165, 1.54) is 5.32 Å². The molecule has 0 saturated carbocycles. The Morgan fingerprint density at radius 3 is 2.22 bits per heavy atom. The summed E-state index contributed by atoms with van der Waals surface area (Å²) in [6.45, 7) is 0. The van der Waals surface area contributed by atoms with Crippen LogP contribution in [-0.2, 0) is 9.53 Å². The SMILES string of the molecule is CO[C@](F)(C(=O)Nc1ccc(C(=O)[O-])c([N+](=O)[O-])c1)C(F)(F)F. The number of nitrogens with zero attached hydrogens (tertiary/aromatic N) is 1. The summed E-state index contributed by atoms with van der Waals surface area (Å²) in [5.41, 5.74) is -2.58. The zero-order valence-corrected chi connectivity index (χ0v) is 11.1. The van der Waals surface area contributed by atoms with Crippen LogP contribution in [0.5, 0.6) is 0 Å². The molecule has 1 aromatic rings. The largest absolute Gasteiger partial charge is 0.545 e. The molecule has 1 aromatic carbocycles. The Bertz CT molecular complexity index is 662. The lowest BCUT2D eigenvalue weighted by atomic mass is 10.1. The highest BCUT2D eigenvalue weighted by Crippen LogP contribution is 2.36. The van der Waals surface area contributed by atoms with Gasteiger partial charge in [-0.15, -0.1) is 0 Å². The minimum absolute atomic E-state index is 0.300. The monoisotopic (exact) mass is 339 g/mol. The average Bonchev–Trinajstić information content (AvgIpc) is 2.44. The number of carbonyl (C=O) groups is 2. The van der Waals surface area contributed by atoms with Crippen LogP contribution in [0.1, 0.15) is 10.4 Å². The maximum Gasteiger partial charge on any atom is 0.458 e. The Hall–Kier alpha value is -2.76. The van der Waals surface area contributed by atoms with Gasteiger partial charge in [0.2, 0.25) is 0 Å². The van der Waals surface area contributed by atoms with Gasteiger partial charge in [-0.25, -0.2) is 0 Å². The molecule has 0 aliphatic heterocycles. The number of methoxy groups -OCH3 is 1. The molecule has 126 valence electrons. The van der Waals surface area contributed by atoms with Crippen LogP contribution in [-0.4, -0.2) is 35.9 Å². The average molecular weight is 339 g/mol. The second-order valence-electron chi connectivity index (χ2n) is 4.03. The number of rotatable bonds is 5. The fourth-order valence-corrected chi connectivity index (χ4v) is 1.48. The van der Waals surface area contributed by atoms with Gasteiger partial charge in [-0.2, -0.15) is 17.6 Å². The van der Waals surface area contributed by atoms with Crippen molar-refractivity contribution in [1.29, 1.82) is 0 Å². The van der Waals surface area contributed by atoms with Gasteiger partial charge in [0.05, 0.1) is 16.5 Å². The van der Waals surface area contributed by atoms with Crippen molar-refractivity contribution in [2.75, 3.05) is 12.4 Å². The van der Waals surface area contributed by atoms with E-state index in [2.05, 4.69) is 4.74 Å². The van der Waals surface area contributed by atoms with Crippen LogP contribution in [0, 0.1) is 10.1 Å². The summed E-state index contributed by atoms with van der Waals surface area (Å²) in [5.74, 6) is -8.89. The molecule has 0 bridgehead atoms. The maximum atomic E-state index is 13.6. The first-order valence-corrected chi connectivity index (χ1v) is 5.56. The summed E-state index contributed by atoms with van der Waals surface area (Å²) in [6, 6.07) is 1.78. The third kappa shape index (κ3) is 3.53. The Labute approximate surface area is 124 Å². The van der Waals surface area contributed by atoms with E-state index in [0.717, 1.165) is 6.07 Å². The number of carbonyl (C=O) groups excluding carboxylic acids is 2. The van der Waals surface area contributed by atoms with Gasteiger partial charge < -0.3 is 20.0 Å². The minimum atomic E-state index is -5.71. The minimum Gasteiger partial charge on any atom is -0.545 e. The fraction of sp³-hybridized carbons (Fsp3) is 0.273. The number of nitrogens with one attached hydrogen (secondary N) is 1. The van der Waals surface area contributed by atoms with Gasteiger partial charge in [0, 0.05) is 18.9 Å².